The van der Waals surface area contributed by atoms with E-state index in [-0.39, 0.29) is 15.5 Å². The molecule has 0 bridgehead atoms. The van der Waals surface area contributed by atoms with Crippen molar-refractivity contribution in [3.05, 3.63) is 156 Å². The van der Waals surface area contributed by atoms with Gasteiger partial charge in [-0.05, 0) is 86.7 Å². The second kappa shape index (κ2) is 13.7. The minimum atomic E-state index is -0.181. The zero-order valence-electron chi connectivity index (χ0n) is 28.9. The van der Waals surface area contributed by atoms with Crippen molar-refractivity contribution in [3.8, 4) is 43.8 Å². The summed E-state index contributed by atoms with van der Waals surface area (Å²) in [6.45, 7) is 6.48. The van der Waals surface area contributed by atoms with Gasteiger partial charge in [0.1, 0.15) is 20.8 Å². The molecule has 0 atom stereocenters. The third kappa shape index (κ3) is 6.66. The van der Waals surface area contributed by atoms with Crippen LogP contribution in [0, 0.1) is 10.8 Å². The third-order valence-corrected chi connectivity index (χ3v) is 10.9. The van der Waals surface area contributed by atoms with Gasteiger partial charge >= 0.3 is 0 Å². The summed E-state index contributed by atoms with van der Waals surface area (Å²) in [5, 5.41) is 33.8. The van der Waals surface area contributed by atoms with E-state index in [4.69, 9.17) is 20.8 Å². The average molecular weight is 711 g/mol. The Bertz CT molecular complexity index is 2640. The highest BCUT2D eigenvalue weighted by molar-refractivity contribution is 8.27. The molecule has 0 aliphatic carbocycles. The van der Waals surface area contributed by atoms with Gasteiger partial charge in [0, 0.05) is 22.3 Å². The smallest absolute Gasteiger partial charge is 0.166 e. The van der Waals surface area contributed by atoms with Crippen LogP contribution in [0.25, 0.3) is 65.3 Å². The SMILES string of the molecule is CC(C)(C)c1cc(C(=N)SC(=N)c2cccc(-c3cccc4ccccc34)n2)cc(-c2nnc(-c3cccc(-c4cccc5ccccc45)n3)s2)c1. The van der Waals surface area contributed by atoms with E-state index in [2.05, 4.69) is 97.7 Å². The molecule has 8 heteroatoms. The quantitative estimate of drug-likeness (QED) is 0.132. The predicted molar refractivity (Wildman–Crippen MR) is 219 cm³/mol. The van der Waals surface area contributed by atoms with E-state index in [0.717, 1.165) is 82.8 Å². The van der Waals surface area contributed by atoms with Gasteiger partial charge in [-0.3, -0.25) is 10.8 Å². The summed E-state index contributed by atoms with van der Waals surface area (Å²) in [6, 6.07) is 46.9. The van der Waals surface area contributed by atoms with Gasteiger partial charge in [0.25, 0.3) is 0 Å². The maximum Gasteiger partial charge on any atom is 0.166 e. The minimum absolute atomic E-state index is 0.181. The molecule has 0 unspecified atom stereocenters. The van der Waals surface area contributed by atoms with Gasteiger partial charge in [-0.2, -0.15) is 0 Å². The first-order valence-electron chi connectivity index (χ1n) is 17.0. The second-order valence-corrected chi connectivity index (χ2v) is 15.6. The predicted octanol–water partition coefficient (Wildman–Crippen LogP) is 11.7. The Morgan fingerprint density at radius 1 is 0.558 bits per heavy atom. The van der Waals surface area contributed by atoms with E-state index >= 15 is 0 Å². The van der Waals surface area contributed by atoms with E-state index in [1.165, 1.54) is 16.7 Å². The lowest BCUT2D eigenvalue weighted by Gasteiger charge is -2.21. The summed E-state index contributed by atoms with van der Waals surface area (Å²) >= 11 is 2.58. The van der Waals surface area contributed by atoms with Crippen LogP contribution in [-0.2, 0) is 5.41 Å². The Kier molecular flexibility index (Phi) is 8.79. The number of benzene rings is 5. The molecule has 0 saturated carbocycles. The van der Waals surface area contributed by atoms with Gasteiger partial charge in [0.2, 0.25) is 0 Å². The van der Waals surface area contributed by atoms with Crippen molar-refractivity contribution in [2.75, 3.05) is 0 Å². The molecular weight excluding hydrogens is 677 g/mol. The summed E-state index contributed by atoms with van der Waals surface area (Å²) < 4.78 is 0. The number of hydrogen-bond acceptors (Lipinski definition) is 8. The Morgan fingerprint density at radius 3 is 1.79 bits per heavy atom. The summed E-state index contributed by atoms with van der Waals surface area (Å²) in [6.07, 6.45) is 0. The first kappa shape index (κ1) is 33.3. The Morgan fingerprint density at radius 2 is 1.12 bits per heavy atom. The van der Waals surface area contributed by atoms with Crippen molar-refractivity contribution < 1.29 is 0 Å². The Hall–Kier alpha value is -5.83. The van der Waals surface area contributed by atoms with E-state index in [1.54, 1.807) is 0 Å². The molecule has 52 heavy (non-hydrogen) atoms. The molecule has 0 spiro atoms. The maximum absolute atomic E-state index is 9.15. The molecule has 6 nitrogen and oxygen atoms in total. The van der Waals surface area contributed by atoms with Crippen LogP contribution in [0.5, 0.6) is 0 Å². The fraction of sp³-hybridized carbons (Fsp3) is 0.0909. The Balaban J connectivity index is 1.08. The highest BCUT2D eigenvalue weighted by Crippen LogP contribution is 2.36. The van der Waals surface area contributed by atoms with Crippen molar-refractivity contribution in [2.45, 2.75) is 26.2 Å². The Labute approximate surface area is 310 Å². The fourth-order valence-electron chi connectivity index (χ4n) is 6.28. The van der Waals surface area contributed by atoms with Crippen LogP contribution in [-0.4, -0.2) is 30.3 Å². The summed E-state index contributed by atoms with van der Waals surface area (Å²) in [5.74, 6) is 0. The molecule has 252 valence electrons. The van der Waals surface area contributed by atoms with Crippen LogP contribution >= 0.6 is 23.1 Å². The normalized spacial score (nSPS) is 11.6. The van der Waals surface area contributed by atoms with Gasteiger partial charge < -0.3 is 0 Å². The molecule has 8 aromatic rings. The summed E-state index contributed by atoms with van der Waals surface area (Å²) in [5.41, 5.74) is 7.54. The molecule has 0 fully saturated rings. The van der Waals surface area contributed by atoms with Gasteiger partial charge in [0.05, 0.1) is 17.1 Å². The van der Waals surface area contributed by atoms with E-state index in [9.17, 15) is 0 Å². The highest BCUT2D eigenvalue weighted by atomic mass is 32.2. The number of nitrogens with one attached hydrogen (secondary N) is 2. The zero-order chi connectivity index (χ0) is 35.8. The lowest BCUT2D eigenvalue weighted by Crippen LogP contribution is -2.13. The number of thioether (sulfide) groups is 1. The number of hydrogen-bond donors (Lipinski definition) is 2. The van der Waals surface area contributed by atoms with Crippen molar-refractivity contribution in [1.29, 1.82) is 10.8 Å². The molecule has 0 amide bonds. The van der Waals surface area contributed by atoms with Gasteiger partial charge in [0.15, 0.2) is 5.01 Å². The molecule has 5 aromatic carbocycles. The molecule has 8 rings (SSSR count). The average Bonchev–Trinajstić information content (AvgIpc) is 3.68. The monoisotopic (exact) mass is 710 g/mol. The van der Waals surface area contributed by atoms with Crippen molar-refractivity contribution in [1.82, 2.24) is 20.2 Å². The van der Waals surface area contributed by atoms with E-state index in [0.29, 0.717) is 5.69 Å². The van der Waals surface area contributed by atoms with E-state index < -0.39 is 0 Å². The number of nitrogens with zero attached hydrogens (tertiary/aromatic N) is 4. The number of pyridine rings is 2. The minimum Gasteiger partial charge on any atom is -0.293 e. The fourth-order valence-corrected chi connectivity index (χ4v) is 7.74. The molecule has 3 heterocycles. The van der Waals surface area contributed by atoms with Gasteiger partial charge in [-0.15, -0.1) is 10.2 Å². The topological polar surface area (TPSA) is 99.3 Å². The standard InChI is InChI=1S/C44H34N6S2/c1-44(2,3)31-25-29(40(45)51-41(46)38-22-10-20-36(47-38)34-18-8-14-27-12-4-6-16-32(27)34)24-30(26-31)42-49-50-43(52-42)39-23-11-21-37(48-39)35-19-9-15-28-13-5-7-17-33(28)35/h4-26,45-46H,1-3H3. The molecule has 2 N–H and O–H groups in total. The zero-order valence-corrected chi connectivity index (χ0v) is 30.5. The van der Waals surface area contributed by atoms with Gasteiger partial charge in [-0.1, -0.05) is 129 Å². The summed E-state index contributed by atoms with van der Waals surface area (Å²) in [7, 11) is 0. The lowest BCUT2D eigenvalue weighted by molar-refractivity contribution is 0.590. The molecular formula is C44H34N6S2. The molecule has 0 aliphatic rings. The number of fused-ring (bicyclic) bond motifs is 2. The first-order valence-corrected chi connectivity index (χ1v) is 18.6. The van der Waals surface area contributed by atoms with Crippen LogP contribution in [0.2, 0.25) is 0 Å². The van der Waals surface area contributed by atoms with Crippen molar-refractivity contribution >= 4 is 54.7 Å². The van der Waals surface area contributed by atoms with Crippen LogP contribution in [0.4, 0.5) is 0 Å². The summed E-state index contributed by atoms with van der Waals surface area (Å²) in [4.78, 5) is 9.88. The van der Waals surface area contributed by atoms with Crippen LogP contribution < -0.4 is 0 Å². The van der Waals surface area contributed by atoms with Crippen LogP contribution in [0.1, 0.15) is 37.6 Å². The van der Waals surface area contributed by atoms with Crippen LogP contribution in [0.15, 0.2) is 140 Å². The van der Waals surface area contributed by atoms with Crippen molar-refractivity contribution in [2.24, 2.45) is 0 Å². The second-order valence-electron chi connectivity index (χ2n) is 13.6. The van der Waals surface area contributed by atoms with Crippen LogP contribution in [0.3, 0.4) is 0 Å². The maximum atomic E-state index is 9.15. The first-order chi connectivity index (χ1) is 25.2. The molecule has 0 aliphatic heterocycles. The molecule has 0 saturated heterocycles. The van der Waals surface area contributed by atoms with Crippen molar-refractivity contribution in [3.63, 3.8) is 0 Å². The number of aromatic nitrogens is 4. The highest BCUT2D eigenvalue weighted by Gasteiger charge is 2.21. The number of rotatable bonds is 6. The van der Waals surface area contributed by atoms with Gasteiger partial charge in [-0.25, -0.2) is 9.97 Å². The molecule has 0 radical (unpaired) electrons. The molecule has 3 aromatic heterocycles. The van der Waals surface area contributed by atoms with E-state index in [1.807, 2.05) is 72.8 Å². The largest absolute Gasteiger partial charge is 0.293 e. The third-order valence-electron chi connectivity index (χ3n) is 9.02. The lowest BCUT2D eigenvalue weighted by atomic mass is 9.85.